The topological polar surface area (TPSA) is 81.4 Å². The minimum atomic E-state index is -0.427. The van der Waals surface area contributed by atoms with Gasteiger partial charge in [0.1, 0.15) is 11.9 Å². The molecule has 7 nitrogen and oxygen atoms in total. The molecule has 0 saturated carbocycles. The third-order valence-electron chi connectivity index (χ3n) is 3.26. The summed E-state index contributed by atoms with van der Waals surface area (Å²) in [5, 5.41) is 10.6. The zero-order chi connectivity index (χ0) is 14.8. The number of nitro benzene ring substituents is 1. The van der Waals surface area contributed by atoms with Gasteiger partial charge in [-0.3, -0.25) is 10.1 Å². The van der Waals surface area contributed by atoms with Gasteiger partial charge >= 0.3 is 0 Å². The van der Waals surface area contributed by atoms with Crippen LogP contribution in [0.15, 0.2) is 36.5 Å². The maximum atomic E-state index is 10.6. The van der Waals surface area contributed by atoms with E-state index >= 15 is 0 Å². The largest absolute Gasteiger partial charge is 0.487 e. The lowest BCUT2D eigenvalue weighted by molar-refractivity contribution is -0.384. The van der Waals surface area contributed by atoms with Crippen molar-refractivity contribution in [2.45, 2.75) is 13.0 Å². The van der Waals surface area contributed by atoms with E-state index in [0.29, 0.717) is 24.8 Å². The molecule has 108 valence electrons. The monoisotopic (exact) mass is 286 g/mol. The zero-order valence-electron chi connectivity index (χ0n) is 11.5. The summed E-state index contributed by atoms with van der Waals surface area (Å²) >= 11 is 0. The molecule has 0 unspecified atom stereocenters. The molecule has 0 radical (unpaired) electrons. The highest BCUT2D eigenvalue weighted by molar-refractivity contribution is 5.38. The number of anilines is 1. The van der Waals surface area contributed by atoms with Crippen LogP contribution in [0.2, 0.25) is 0 Å². The molecule has 1 aliphatic rings. The molecule has 2 aromatic rings. The van der Waals surface area contributed by atoms with Crippen LogP contribution in [0.1, 0.15) is 5.69 Å². The molecule has 1 saturated heterocycles. The Bertz CT molecular complexity index is 654. The highest BCUT2D eigenvalue weighted by Crippen LogP contribution is 2.23. The first-order valence-electron chi connectivity index (χ1n) is 6.57. The Morgan fingerprint density at radius 1 is 1.29 bits per heavy atom. The highest BCUT2D eigenvalue weighted by Gasteiger charge is 2.30. The predicted octanol–water partition coefficient (Wildman–Crippen LogP) is 1.96. The van der Waals surface area contributed by atoms with Gasteiger partial charge in [0.05, 0.1) is 18.0 Å². The Labute approximate surface area is 121 Å². The third kappa shape index (κ3) is 2.91. The van der Waals surface area contributed by atoms with Crippen LogP contribution < -0.4 is 9.64 Å². The van der Waals surface area contributed by atoms with Crippen molar-refractivity contribution < 1.29 is 9.66 Å². The van der Waals surface area contributed by atoms with Gasteiger partial charge in [-0.15, -0.1) is 0 Å². The van der Waals surface area contributed by atoms with E-state index < -0.39 is 4.92 Å². The fraction of sp³-hybridized carbons (Fsp3) is 0.286. The second-order valence-electron chi connectivity index (χ2n) is 4.89. The van der Waals surface area contributed by atoms with Gasteiger partial charge in [-0.2, -0.15) is 0 Å². The lowest BCUT2D eigenvalue weighted by Crippen LogP contribution is -2.54. The Balaban J connectivity index is 1.56. The first kappa shape index (κ1) is 13.3. The molecular weight excluding hydrogens is 272 g/mol. The molecule has 1 fully saturated rings. The number of hydrogen-bond acceptors (Lipinski definition) is 6. The van der Waals surface area contributed by atoms with Crippen molar-refractivity contribution in [1.29, 1.82) is 0 Å². The van der Waals surface area contributed by atoms with Gasteiger partial charge < -0.3 is 9.64 Å². The SMILES string of the molecule is Cc1ccnc(N2CC(Oc3ccc([N+](=O)[O-])cc3)C2)n1. The van der Waals surface area contributed by atoms with Gasteiger partial charge in [0.25, 0.3) is 5.69 Å². The molecule has 1 aromatic carbocycles. The van der Waals surface area contributed by atoms with E-state index in [4.69, 9.17) is 4.74 Å². The van der Waals surface area contributed by atoms with Crippen LogP contribution in [0.4, 0.5) is 11.6 Å². The number of hydrogen-bond donors (Lipinski definition) is 0. The molecule has 0 bridgehead atoms. The molecule has 0 amide bonds. The maximum absolute atomic E-state index is 10.6. The summed E-state index contributed by atoms with van der Waals surface area (Å²) in [7, 11) is 0. The minimum Gasteiger partial charge on any atom is -0.487 e. The van der Waals surface area contributed by atoms with Crippen molar-refractivity contribution in [2.24, 2.45) is 0 Å². The van der Waals surface area contributed by atoms with E-state index in [1.54, 1.807) is 18.3 Å². The molecule has 1 aliphatic heterocycles. The standard InChI is InChI=1S/C14H14N4O3/c1-10-6-7-15-14(16-10)17-8-13(9-17)21-12-4-2-11(3-5-12)18(19)20/h2-7,13H,8-9H2,1H3. The first-order valence-corrected chi connectivity index (χ1v) is 6.57. The quantitative estimate of drug-likeness (QED) is 0.631. The van der Waals surface area contributed by atoms with E-state index in [1.165, 1.54) is 12.1 Å². The number of aryl methyl sites for hydroxylation is 1. The van der Waals surface area contributed by atoms with Crippen LogP contribution in [0.25, 0.3) is 0 Å². The Morgan fingerprint density at radius 2 is 2.00 bits per heavy atom. The Morgan fingerprint density at radius 3 is 2.62 bits per heavy atom. The smallest absolute Gasteiger partial charge is 0.269 e. The molecule has 0 N–H and O–H groups in total. The second-order valence-corrected chi connectivity index (χ2v) is 4.89. The fourth-order valence-electron chi connectivity index (χ4n) is 2.10. The van der Waals surface area contributed by atoms with Gasteiger partial charge in [0.15, 0.2) is 0 Å². The molecule has 3 rings (SSSR count). The highest BCUT2D eigenvalue weighted by atomic mass is 16.6. The van der Waals surface area contributed by atoms with Crippen molar-refractivity contribution in [3.05, 3.63) is 52.3 Å². The van der Waals surface area contributed by atoms with E-state index in [9.17, 15) is 10.1 Å². The number of ether oxygens (including phenoxy) is 1. The molecule has 0 aliphatic carbocycles. The Kier molecular flexibility index (Phi) is 3.39. The molecule has 21 heavy (non-hydrogen) atoms. The zero-order valence-corrected chi connectivity index (χ0v) is 11.5. The van der Waals surface area contributed by atoms with Crippen LogP contribution in [0.3, 0.4) is 0 Å². The average molecular weight is 286 g/mol. The molecule has 2 heterocycles. The predicted molar refractivity (Wildman–Crippen MR) is 76.5 cm³/mol. The first-order chi connectivity index (χ1) is 10.1. The van der Waals surface area contributed by atoms with Gasteiger partial charge in [0, 0.05) is 24.0 Å². The van der Waals surface area contributed by atoms with Crippen molar-refractivity contribution >= 4 is 11.6 Å². The summed E-state index contributed by atoms with van der Waals surface area (Å²) in [6.07, 6.45) is 1.79. The summed E-state index contributed by atoms with van der Waals surface area (Å²) in [5.74, 6) is 1.34. The van der Waals surface area contributed by atoms with E-state index in [1.807, 2.05) is 17.9 Å². The number of nitro groups is 1. The fourth-order valence-corrected chi connectivity index (χ4v) is 2.10. The van der Waals surface area contributed by atoms with Crippen LogP contribution in [-0.4, -0.2) is 34.1 Å². The van der Waals surface area contributed by atoms with Crippen molar-refractivity contribution in [3.63, 3.8) is 0 Å². The van der Waals surface area contributed by atoms with E-state index in [0.717, 1.165) is 5.69 Å². The summed E-state index contributed by atoms with van der Waals surface area (Å²) in [4.78, 5) is 20.7. The molecular formula is C14H14N4O3. The van der Waals surface area contributed by atoms with Crippen LogP contribution in [0.5, 0.6) is 5.75 Å². The van der Waals surface area contributed by atoms with E-state index in [-0.39, 0.29) is 11.8 Å². The molecule has 0 atom stereocenters. The normalized spacial score (nSPS) is 14.6. The van der Waals surface area contributed by atoms with E-state index in [2.05, 4.69) is 9.97 Å². The van der Waals surface area contributed by atoms with Crippen LogP contribution in [0, 0.1) is 17.0 Å². The summed E-state index contributed by atoms with van der Waals surface area (Å²) in [5.41, 5.74) is 0.991. The van der Waals surface area contributed by atoms with Gasteiger partial charge in [-0.1, -0.05) is 0 Å². The average Bonchev–Trinajstić information content (AvgIpc) is 2.43. The molecule has 7 heteroatoms. The van der Waals surface area contributed by atoms with Crippen molar-refractivity contribution in [2.75, 3.05) is 18.0 Å². The Hall–Kier alpha value is -2.70. The van der Waals surface area contributed by atoms with Gasteiger partial charge in [-0.25, -0.2) is 9.97 Å². The lowest BCUT2D eigenvalue weighted by Gasteiger charge is -2.38. The molecule has 0 spiro atoms. The van der Waals surface area contributed by atoms with Crippen LogP contribution >= 0.6 is 0 Å². The lowest BCUT2D eigenvalue weighted by atomic mass is 10.2. The summed E-state index contributed by atoms with van der Waals surface area (Å²) in [6, 6.07) is 7.97. The van der Waals surface area contributed by atoms with Gasteiger partial charge in [-0.05, 0) is 25.1 Å². The van der Waals surface area contributed by atoms with Crippen molar-refractivity contribution in [3.8, 4) is 5.75 Å². The number of nitrogens with zero attached hydrogens (tertiary/aromatic N) is 4. The van der Waals surface area contributed by atoms with Crippen molar-refractivity contribution in [1.82, 2.24) is 9.97 Å². The second kappa shape index (κ2) is 5.35. The molecule has 1 aromatic heterocycles. The summed E-state index contributed by atoms with van der Waals surface area (Å²) in [6.45, 7) is 3.34. The number of rotatable bonds is 4. The number of aromatic nitrogens is 2. The number of benzene rings is 1. The maximum Gasteiger partial charge on any atom is 0.269 e. The minimum absolute atomic E-state index is 0.0515. The van der Waals surface area contributed by atoms with Gasteiger partial charge in [0.2, 0.25) is 5.95 Å². The van der Waals surface area contributed by atoms with Crippen LogP contribution in [-0.2, 0) is 0 Å². The third-order valence-corrected chi connectivity index (χ3v) is 3.26. The summed E-state index contributed by atoms with van der Waals surface area (Å²) < 4.78 is 5.75. The number of non-ortho nitro benzene ring substituents is 1.